The first kappa shape index (κ1) is 16.2. The zero-order valence-corrected chi connectivity index (χ0v) is 11.5. The SMILES string of the molecule is C=CC1OC(CCC(=O)OCC)(C(=O)OCC)OC1=O. The lowest BCUT2D eigenvalue weighted by Crippen LogP contribution is -2.42. The Morgan fingerprint density at radius 2 is 2.00 bits per heavy atom. The minimum Gasteiger partial charge on any atom is -0.466 e. The van der Waals surface area contributed by atoms with E-state index < -0.39 is 29.8 Å². The van der Waals surface area contributed by atoms with Crippen molar-refractivity contribution in [3.63, 3.8) is 0 Å². The number of hydrogen-bond donors (Lipinski definition) is 0. The molecule has 112 valence electrons. The van der Waals surface area contributed by atoms with Crippen molar-refractivity contribution in [1.82, 2.24) is 0 Å². The summed E-state index contributed by atoms with van der Waals surface area (Å²) >= 11 is 0. The van der Waals surface area contributed by atoms with Gasteiger partial charge < -0.3 is 18.9 Å². The third kappa shape index (κ3) is 3.57. The minimum atomic E-state index is -1.90. The number of ether oxygens (including phenoxy) is 4. The zero-order chi connectivity index (χ0) is 15.2. The van der Waals surface area contributed by atoms with Gasteiger partial charge in [-0.2, -0.15) is 0 Å². The number of hydrogen-bond acceptors (Lipinski definition) is 7. The number of carbonyl (C=O) groups is 3. The van der Waals surface area contributed by atoms with Gasteiger partial charge in [-0.1, -0.05) is 12.7 Å². The summed E-state index contributed by atoms with van der Waals surface area (Å²) in [6, 6.07) is 0. The van der Waals surface area contributed by atoms with Gasteiger partial charge in [0.15, 0.2) is 6.10 Å². The Morgan fingerprint density at radius 1 is 1.35 bits per heavy atom. The van der Waals surface area contributed by atoms with Crippen LogP contribution in [0.5, 0.6) is 0 Å². The molecule has 0 aromatic carbocycles. The Balaban J connectivity index is 2.81. The minimum absolute atomic E-state index is 0.0969. The van der Waals surface area contributed by atoms with E-state index in [1.54, 1.807) is 13.8 Å². The van der Waals surface area contributed by atoms with Crippen LogP contribution in [0.1, 0.15) is 26.7 Å². The average molecular weight is 286 g/mol. The molecule has 7 nitrogen and oxygen atoms in total. The maximum Gasteiger partial charge on any atom is 0.379 e. The van der Waals surface area contributed by atoms with Crippen LogP contribution in [0.2, 0.25) is 0 Å². The van der Waals surface area contributed by atoms with E-state index in [0.717, 1.165) is 0 Å². The van der Waals surface area contributed by atoms with Crippen molar-refractivity contribution in [3.05, 3.63) is 12.7 Å². The Bertz CT molecular complexity index is 404. The molecule has 1 fully saturated rings. The van der Waals surface area contributed by atoms with E-state index in [1.807, 2.05) is 0 Å². The Morgan fingerprint density at radius 3 is 2.50 bits per heavy atom. The number of rotatable bonds is 7. The molecular weight excluding hydrogens is 268 g/mol. The highest BCUT2D eigenvalue weighted by molar-refractivity contribution is 5.88. The maximum absolute atomic E-state index is 11.9. The van der Waals surface area contributed by atoms with Crippen LogP contribution in [-0.2, 0) is 33.3 Å². The van der Waals surface area contributed by atoms with E-state index in [2.05, 4.69) is 6.58 Å². The topological polar surface area (TPSA) is 88.1 Å². The van der Waals surface area contributed by atoms with Gasteiger partial charge in [-0.05, 0) is 13.8 Å². The molecule has 20 heavy (non-hydrogen) atoms. The molecule has 0 bridgehead atoms. The predicted octanol–water partition coefficient (Wildman–Crippen LogP) is 0.717. The van der Waals surface area contributed by atoms with Gasteiger partial charge in [0.1, 0.15) is 0 Å². The van der Waals surface area contributed by atoms with Gasteiger partial charge in [-0.3, -0.25) is 4.79 Å². The van der Waals surface area contributed by atoms with Crippen LogP contribution in [0.25, 0.3) is 0 Å². The van der Waals surface area contributed by atoms with Gasteiger partial charge in [-0.25, -0.2) is 9.59 Å². The number of carbonyl (C=O) groups excluding carboxylic acids is 3. The Kier molecular flexibility index (Phi) is 5.69. The van der Waals surface area contributed by atoms with Crippen LogP contribution in [0.15, 0.2) is 12.7 Å². The van der Waals surface area contributed by atoms with Crippen molar-refractivity contribution in [2.24, 2.45) is 0 Å². The van der Waals surface area contributed by atoms with Crippen LogP contribution < -0.4 is 0 Å². The molecule has 0 N–H and O–H groups in total. The highest BCUT2D eigenvalue weighted by Crippen LogP contribution is 2.31. The van der Waals surface area contributed by atoms with Crippen molar-refractivity contribution in [2.75, 3.05) is 13.2 Å². The van der Waals surface area contributed by atoms with Gasteiger partial charge in [0.05, 0.1) is 19.6 Å². The van der Waals surface area contributed by atoms with Crippen LogP contribution >= 0.6 is 0 Å². The third-order valence-electron chi connectivity index (χ3n) is 2.58. The summed E-state index contributed by atoms with van der Waals surface area (Å²) in [7, 11) is 0. The second-order valence-corrected chi connectivity index (χ2v) is 3.97. The van der Waals surface area contributed by atoms with Crippen molar-refractivity contribution < 1.29 is 33.3 Å². The normalized spacial score (nSPS) is 24.9. The largest absolute Gasteiger partial charge is 0.466 e. The molecule has 0 saturated carbocycles. The summed E-state index contributed by atoms with van der Waals surface area (Å²) in [4.78, 5) is 34.9. The monoisotopic (exact) mass is 286 g/mol. The van der Waals surface area contributed by atoms with E-state index in [4.69, 9.17) is 18.9 Å². The zero-order valence-electron chi connectivity index (χ0n) is 11.5. The lowest BCUT2D eigenvalue weighted by atomic mass is 10.1. The molecule has 0 radical (unpaired) electrons. The fourth-order valence-electron chi connectivity index (χ4n) is 1.68. The molecule has 2 unspecified atom stereocenters. The van der Waals surface area contributed by atoms with Crippen LogP contribution in [0, 0.1) is 0 Å². The van der Waals surface area contributed by atoms with Crippen molar-refractivity contribution in [1.29, 1.82) is 0 Å². The second-order valence-electron chi connectivity index (χ2n) is 3.97. The van der Waals surface area contributed by atoms with E-state index in [0.29, 0.717) is 0 Å². The molecule has 0 aliphatic carbocycles. The number of esters is 3. The van der Waals surface area contributed by atoms with Crippen LogP contribution in [-0.4, -0.2) is 43.0 Å². The Hall–Kier alpha value is -1.89. The van der Waals surface area contributed by atoms with Gasteiger partial charge in [0, 0.05) is 6.42 Å². The van der Waals surface area contributed by atoms with Gasteiger partial charge in [0.2, 0.25) is 0 Å². The summed E-state index contributed by atoms with van der Waals surface area (Å²) in [6.45, 7) is 7.01. The van der Waals surface area contributed by atoms with Gasteiger partial charge >= 0.3 is 23.7 Å². The van der Waals surface area contributed by atoms with Crippen molar-refractivity contribution in [2.45, 2.75) is 38.6 Å². The van der Waals surface area contributed by atoms with E-state index in [1.165, 1.54) is 6.08 Å². The number of cyclic esters (lactones) is 1. The molecule has 0 aromatic rings. The molecule has 1 heterocycles. The summed E-state index contributed by atoms with van der Waals surface area (Å²) in [6.07, 6.45) is -0.139. The highest BCUT2D eigenvalue weighted by Gasteiger charge is 2.54. The molecule has 2 atom stereocenters. The van der Waals surface area contributed by atoms with Crippen LogP contribution in [0.4, 0.5) is 0 Å². The van der Waals surface area contributed by atoms with E-state index >= 15 is 0 Å². The third-order valence-corrected chi connectivity index (χ3v) is 2.58. The van der Waals surface area contributed by atoms with E-state index in [-0.39, 0.29) is 26.1 Å². The summed E-state index contributed by atoms with van der Waals surface area (Å²) in [5, 5.41) is 0. The first-order valence-corrected chi connectivity index (χ1v) is 6.35. The lowest BCUT2D eigenvalue weighted by Gasteiger charge is -2.23. The quantitative estimate of drug-likeness (QED) is 0.387. The van der Waals surface area contributed by atoms with Gasteiger partial charge in [-0.15, -0.1) is 0 Å². The van der Waals surface area contributed by atoms with Crippen LogP contribution in [0.3, 0.4) is 0 Å². The molecule has 1 aliphatic heterocycles. The smallest absolute Gasteiger partial charge is 0.379 e. The fraction of sp³-hybridized carbons (Fsp3) is 0.615. The van der Waals surface area contributed by atoms with Gasteiger partial charge in [0.25, 0.3) is 0 Å². The molecule has 0 amide bonds. The molecule has 7 heteroatoms. The van der Waals surface area contributed by atoms with Crippen molar-refractivity contribution in [3.8, 4) is 0 Å². The molecule has 1 aliphatic rings. The lowest BCUT2D eigenvalue weighted by molar-refractivity contribution is -0.213. The maximum atomic E-state index is 11.9. The fourth-order valence-corrected chi connectivity index (χ4v) is 1.68. The van der Waals surface area contributed by atoms with Crippen molar-refractivity contribution >= 4 is 17.9 Å². The molecule has 0 spiro atoms. The average Bonchev–Trinajstić information content (AvgIpc) is 2.75. The highest BCUT2D eigenvalue weighted by atomic mass is 16.8. The first-order chi connectivity index (χ1) is 9.49. The second kappa shape index (κ2) is 7.04. The first-order valence-electron chi connectivity index (χ1n) is 6.35. The summed E-state index contributed by atoms with van der Waals surface area (Å²) in [5.41, 5.74) is 0. The standard InChI is InChI=1S/C13H18O7/c1-4-9-11(15)20-13(19-9,12(16)18-6-3)8-7-10(14)17-5-2/h4,9H,1,5-8H2,2-3H3. The molecule has 1 rings (SSSR count). The van der Waals surface area contributed by atoms with E-state index in [9.17, 15) is 14.4 Å². The Labute approximate surface area is 116 Å². The summed E-state index contributed by atoms with van der Waals surface area (Å²) < 4.78 is 19.9. The molecule has 0 aromatic heterocycles. The molecular formula is C13H18O7. The molecule has 1 saturated heterocycles. The predicted molar refractivity (Wildman–Crippen MR) is 66.4 cm³/mol. The summed E-state index contributed by atoms with van der Waals surface area (Å²) in [5.74, 6) is -4.00.